The van der Waals surface area contributed by atoms with Gasteiger partial charge in [0.1, 0.15) is 17.3 Å². The highest BCUT2D eigenvalue weighted by molar-refractivity contribution is 5.77. The number of carbonyl (C=O) groups excluding carboxylic acids is 1. The lowest BCUT2D eigenvalue weighted by Gasteiger charge is -2.02. The Morgan fingerprint density at radius 3 is 2.64 bits per heavy atom. The molecular formula is C8H3F3N2O. The van der Waals surface area contributed by atoms with Crippen LogP contribution < -0.4 is 0 Å². The lowest BCUT2D eigenvalue weighted by molar-refractivity contribution is 0.110. The molecule has 0 saturated carbocycles. The molecule has 0 atom stereocenters. The second-order valence-electron chi connectivity index (χ2n) is 2.33. The number of nitriles is 1. The highest BCUT2D eigenvalue weighted by Crippen LogP contribution is 2.21. The van der Waals surface area contributed by atoms with Crippen molar-refractivity contribution in [1.29, 1.82) is 5.26 Å². The number of rotatable bonds is 2. The zero-order valence-corrected chi connectivity index (χ0v) is 6.67. The van der Waals surface area contributed by atoms with Crippen LogP contribution in [0.3, 0.4) is 0 Å². The Labute approximate surface area is 76.8 Å². The predicted octanol–water partition coefficient (Wildman–Crippen LogP) is 1.84. The van der Waals surface area contributed by atoms with Gasteiger partial charge in [0.15, 0.2) is 6.29 Å². The molecule has 72 valence electrons. The van der Waals surface area contributed by atoms with Gasteiger partial charge in [-0.15, -0.1) is 0 Å². The normalized spacial score (nSPS) is 9.93. The minimum absolute atomic E-state index is 0.106. The van der Waals surface area contributed by atoms with Gasteiger partial charge in [-0.3, -0.25) is 4.79 Å². The molecule has 0 unspecified atom stereocenters. The summed E-state index contributed by atoms with van der Waals surface area (Å²) in [4.78, 5) is 13.1. The first-order valence-electron chi connectivity index (χ1n) is 3.44. The molecule has 0 spiro atoms. The van der Waals surface area contributed by atoms with E-state index in [1.807, 2.05) is 0 Å². The molecule has 0 aromatic carbocycles. The summed E-state index contributed by atoms with van der Waals surface area (Å²) in [5, 5.41) is 8.33. The van der Waals surface area contributed by atoms with Crippen molar-refractivity contribution in [3.05, 3.63) is 28.8 Å². The number of carbonyl (C=O) groups is 1. The number of pyridine rings is 1. The van der Waals surface area contributed by atoms with E-state index in [2.05, 4.69) is 4.98 Å². The number of halogens is 3. The number of alkyl halides is 2. The Kier molecular flexibility index (Phi) is 2.82. The van der Waals surface area contributed by atoms with Gasteiger partial charge in [0, 0.05) is 5.56 Å². The second-order valence-corrected chi connectivity index (χ2v) is 2.33. The summed E-state index contributed by atoms with van der Waals surface area (Å²) >= 11 is 0. The number of hydrogen-bond acceptors (Lipinski definition) is 3. The molecule has 1 heterocycles. The fraction of sp³-hybridized carbons (Fsp3) is 0.125. The summed E-state index contributed by atoms with van der Waals surface area (Å²) in [6.07, 6.45) is -2.94. The van der Waals surface area contributed by atoms with E-state index in [0.717, 1.165) is 6.07 Å². The Bertz CT molecular complexity index is 412. The summed E-state index contributed by atoms with van der Waals surface area (Å²) in [6.45, 7) is 0. The molecule has 0 aliphatic heterocycles. The largest absolute Gasteiger partial charge is 0.298 e. The van der Waals surface area contributed by atoms with E-state index in [0.29, 0.717) is 0 Å². The van der Waals surface area contributed by atoms with Crippen LogP contribution in [0.15, 0.2) is 6.07 Å². The molecule has 0 radical (unpaired) electrons. The first-order valence-corrected chi connectivity index (χ1v) is 3.44. The zero-order chi connectivity index (χ0) is 10.7. The summed E-state index contributed by atoms with van der Waals surface area (Å²) in [7, 11) is 0. The third kappa shape index (κ3) is 1.71. The Morgan fingerprint density at radius 2 is 2.21 bits per heavy atom. The number of aldehydes is 1. The fourth-order valence-corrected chi connectivity index (χ4v) is 0.867. The molecule has 3 nitrogen and oxygen atoms in total. The maximum atomic E-state index is 12.7. The molecule has 6 heteroatoms. The van der Waals surface area contributed by atoms with Gasteiger partial charge < -0.3 is 0 Å². The molecule has 1 aromatic rings. The minimum atomic E-state index is -3.04. The highest BCUT2D eigenvalue weighted by Gasteiger charge is 2.18. The van der Waals surface area contributed by atoms with Crippen molar-refractivity contribution in [1.82, 2.24) is 4.98 Å². The van der Waals surface area contributed by atoms with Crippen LogP contribution in [0, 0.1) is 17.3 Å². The average molecular weight is 200 g/mol. The van der Waals surface area contributed by atoms with Gasteiger partial charge in [0.25, 0.3) is 6.43 Å². The van der Waals surface area contributed by atoms with Crippen LogP contribution in [-0.4, -0.2) is 11.3 Å². The van der Waals surface area contributed by atoms with Gasteiger partial charge in [-0.2, -0.15) is 9.65 Å². The number of aromatic nitrogens is 1. The smallest absolute Gasteiger partial charge is 0.281 e. The van der Waals surface area contributed by atoms with Gasteiger partial charge in [-0.25, -0.2) is 13.8 Å². The van der Waals surface area contributed by atoms with Crippen LogP contribution in [0.5, 0.6) is 0 Å². The number of hydrogen-bond donors (Lipinski definition) is 0. The Morgan fingerprint density at radius 1 is 1.57 bits per heavy atom. The second kappa shape index (κ2) is 3.87. The lowest BCUT2D eigenvalue weighted by atomic mass is 10.1. The molecule has 14 heavy (non-hydrogen) atoms. The number of nitrogens with zero attached hydrogens (tertiary/aromatic N) is 2. The van der Waals surface area contributed by atoms with E-state index >= 15 is 0 Å². The molecule has 1 aromatic heterocycles. The maximum Gasteiger partial charge on any atom is 0.281 e. The Hall–Kier alpha value is -1.90. The summed E-state index contributed by atoms with van der Waals surface area (Å²) < 4.78 is 37.1. The van der Waals surface area contributed by atoms with E-state index in [1.165, 1.54) is 6.07 Å². The topological polar surface area (TPSA) is 53.8 Å². The quantitative estimate of drug-likeness (QED) is 0.540. The van der Waals surface area contributed by atoms with Gasteiger partial charge in [-0.1, -0.05) is 0 Å². The maximum absolute atomic E-state index is 12.7. The van der Waals surface area contributed by atoms with Crippen molar-refractivity contribution in [2.75, 3.05) is 0 Å². The molecule has 0 amide bonds. The van der Waals surface area contributed by atoms with E-state index in [-0.39, 0.29) is 6.29 Å². The van der Waals surface area contributed by atoms with E-state index in [9.17, 15) is 18.0 Å². The average Bonchev–Trinajstić information content (AvgIpc) is 2.17. The van der Waals surface area contributed by atoms with Gasteiger partial charge in [0.05, 0.1) is 0 Å². The van der Waals surface area contributed by atoms with Crippen LogP contribution in [-0.2, 0) is 0 Å². The Balaban J connectivity index is 3.40. The van der Waals surface area contributed by atoms with E-state index < -0.39 is 29.2 Å². The molecule has 0 aliphatic rings. The third-order valence-corrected chi connectivity index (χ3v) is 1.49. The summed E-state index contributed by atoms with van der Waals surface area (Å²) in [6, 6.07) is 2.14. The lowest BCUT2D eigenvalue weighted by Crippen LogP contribution is -2.02. The third-order valence-electron chi connectivity index (χ3n) is 1.49. The van der Waals surface area contributed by atoms with Crippen molar-refractivity contribution in [3.63, 3.8) is 0 Å². The van der Waals surface area contributed by atoms with Crippen LogP contribution in [0.2, 0.25) is 0 Å². The molecule has 1 rings (SSSR count). The minimum Gasteiger partial charge on any atom is -0.298 e. The highest BCUT2D eigenvalue weighted by atomic mass is 19.3. The molecule has 0 aliphatic carbocycles. The zero-order valence-electron chi connectivity index (χ0n) is 6.67. The van der Waals surface area contributed by atoms with Crippen LogP contribution in [0.1, 0.15) is 28.0 Å². The van der Waals surface area contributed by atoms with Gasteiger partial charge >= 0.3 is 0 Å². The van der Waals surface area contributed by atoms with Gasteiger partial charge in [0.2, 0.25) is 5.95 Å². The van der Waals surface area contributed by atoms with Crippen LogP contribution >= 0.6 is 0 Å². The molecule has 0 bridgehead atoms. The van der Waals surface area contributed by atoms with Crippen molar-refractivity contribution in [2.45, 2.75) is 6.43 Å². The van der Waals surface area contributed by atoms with Crippen molar-refractivity contribution < 1.29 is 18.0 Å². The summed E-state index contributed by atoms with van der Waals surface area (Å²) in [5.74, 6) is -1.30. The first kappa shape index (κ1) is 10.2. The van der Waals surface area contributed by atoms with Crippen molar-refractivity contribution in [2.24, 2.45) is 0 Å². The van der Waals surface area contributed by atoms with Crippen LogP contribution in [0.4, 0.5) is 13.2 Å². The predicted molar refractivity (Wildman–Crippen MR) is 39.3 cm³/mol. The fourth-order valence-electron chi connectivity index (χ4n) is 0.867. The monoisotopic (exact) mass is 200 g/mol. The molecular weight excluding hydrogens is 197 g/mol. The molecule has 0 N–H and O–H groups in total. The SMILES string of the molecule is N#Cc1cc(C=O)c(C(F)F)nc1F. The van der Waals surface area contributed by atoms with Crippen molar-refractivity contribution in [3.8, 4) is 6.07 Å². The van der Waals surface area contributed by atoms with E-state index in [4.69, 9.17) is 5.26 Å². The van der Waals surface area contributed by atoms with Gasteiger partial charge in [-0.05, 0) is 6.07 Å². The molecule has 0 saturated heterocycles. The molecule has 0 fully saturated rings. The van der Waals surface area contributed by atoms with E-state index in [1.54, 1.807) is 0 Å². The van der Waals surface area contributed by atoms with Crippen LogP contribution in [0.25, 0.3) is 0 Å². The summed E-state index contributed by atoms with van der Waals surface area (Å²) in [5.41, 5.74) is -1.95. The first-order chi connectivity index (χ1) is 6.60. The van der Waals surface area contributed by atoms with Crippen molar-refractivity contribution >= 4 is 6.29 Å². The standard InChI is InChI=1S/C8H3F3N2O/c9-7(10)6-5(3-14)1-4(2-12)8(11)13-6/h1,3,7H.